The van der Waals surface area contributed by atoms with Gasteiger partial charge in [0, 0.05) is 6.54 Å². The van der Waals surface area contributed by atoms with Crippen LogP contribution in [0.15, 0.2) is 30.3 Å². The van der Waals surface area contributed by atoms with Gasteiger partial charge >= 0.3 is 0 Å². The van der Waals surface area contributed by atoms with E-state index in [1.165, 1.54) is 24.8 Å². The zero-order valence-corrected chi connectivity index (χ0v) is 11.6. The van der Waals surface area contributed by atoms with E-state index in [0.29, 0.717) is 5.92 Å². The highest BCUT2D eigenvalue weighted by molar-refractivity contribution is 5.19. The summed E-state index contributed by atoms with van der Waals surface area (Å²) >= 11 is 0. The van der Waals surface area contributed by atoms with Crippen LogP contribution in [-0.2, 0) is 0 Å². The quantitative estimate of drug-likeness (QED) is 0.709. The number of nitrogens with one attached hydrogen (secondary N) is 1. The van der Waals surface area contributed by atoms with Crippen molar-refractivity contribution in [1.82, 2.24) is 5.32 Å². The van der Waals surface area contributed by atoms with E-state index in [-0.39, 0.29) is 0 Å². The van der Waals surface area contributed by atoms with Gasteiger partial charge in [-0.25, -0.2) is 0 Å². The zero-order valence-electron chi connectivity index (χ0n) is 11.6. The van der Waals surface area contributed by atoms with Gasteiger partial charge < -0.3 is 5.32 Å². The average Bonchev–Trinajstić information content (AvgIpc) is 2.34. The lowest BCUT2D eigenvalue weighted by molar-refractivity contribution is 0.483. The first-order chi connectivity index (χ1) is 8.24. The minimum atomic E-state index is 0.676. The van der Waals surface area contributed by atoms with Crippen LogP contribution >= 0.6 is 0 Å². The van der Waals surface area contributed by atoms with Crippen LogP contribution in [0.1, 0.15) is 51.5 Å². The number of hydrogen-bond donors (Lipinski definition) is 1. The maximum absolute atomic E-state index is 3.48. The molecule has 1 unspecified atom stereocenters. The third-order valence-electron chi connectivity index (χ3n) is 3.25. The molecule has 1 aromatic carbocycles. The molecule has 0 aliphatic rings. The van der Waals surface area contributed by atoms with Gasteiger partial charge in [-0.15, -0.1) is 0 Å². The Morgan fingerprint density at radius 3 is 2.35 bits per heavy atom. The van der Waals surface area contributed by atoms with Crippen molar-refractivity contribution in [2.45, 2.75) is 46.0 Å². The van der Waals surface area contributed by atoms with Gasteiger partial charge in [0.05, 0.1) is 0 Å². The minimum absolute atomic E-state index is 0.676. The van der Waals surface area contributed by atoms with Crippen LogP contribution in [0.4, 0.5) is 0 Å². The van der Waals surface area contributed by atoms with Gasteiger partial charge in [0.25, 0.3) is 0 Å². The molecule has 0 fully saturated rings. The Hall–Kier alpha value is -0.820. The molecule has 17 heavy (non-hydrogen) atoms. The molecule has 0 aliphatic carbocycles. The van der Waals surface area contributed by atoms with E-state index in [1.807, 2.05) is 0 Å². The van der Waals surface area contributed by atoms with Crippen molar-refractivity contribution in [1.29, 1.82) is 0 Å². The lowest BCUT2D eigenvalue weighted by Crippen LogP contribution is -2.21. The van der Waals surface area contributed by atoms with Crippen molar-refractivity contribution >= 4 is 0 Å². The molecule has 1 N–H and O–H groups in total. The Labute approximate surface area is 107 Å². The summed E-state index contributed by atoms with van der Waals surface area (Å²) in [5, 5.41) is 3.48. The number of rotatable bonds is 8. The van der Waals surface area contributed by atoms with E-state index in [2.05, 4.69) is 56.4 Å². The first kappa shape index (κ1) is 14.2. The number of likely N-dealkylation sites (N-methyl/N-ethyl adjacent to an activating group) is 1. The van der Waals surface area contributed by atoms with E-state index < -0.39 is 0 Å². The molecular weight excluding hydrogens is 206 g/mol. The first-order valence-electron chi connectivity index (χ1n) is 6.99. The average molecular weight is 233 g/mol. The topological polar surface area (TPSA) is 12.0 Å². The third kappa shape index (κ3) is 5.88. The maximum atomic E-state index is 3.48. The molecule has 0 radical (unpaired) electrons. The van der Waals surface area contributed by atoms with Crippen molar-refractivity contribution in [3.05, 3.63) is 35.9 Å². The second-order valence-corrected chi connectivity index (χ2v) is 5.24. The van der Waals surface area contributed by atoms with E-state index >= 15 is 0 Å². The van der Waals surface area contributed by atoms with Crippen molar-refractivity contribution in [2.75, 3.05) is 13.1 Å². The molecule has 0 saturated heterocycles. The molecule has 1 aromatic rings. The van der Waals surface area contributed by atoms with Gasteiger partial charge in [-0.3, -0.25) is 0 Å². The third-order valence-corrected chi connectivity index (χ3v) is 3.25. The summed E-state index contributed by atoms with van der Waals surface area (Å²) in [6.07, 6.45) is 3.98. The molecule has 0 saturated carbocycles. The second-order valence-electron chi connectivity index (χ2n) is 5.24. The van der Waals surface area contributed by atoms with Crippen LogP contribution in [0.25, 0.3) is 0 Å². The van der Waals surface area contributed by atoms with Gasteiger partial charge in [-0.1, -0.05) is 63.9 Å². The lowest BCUT2D eigenvalue weighted by Gasteiger charge is -2.18. The highest BCUT2D eigenvalue weighted by atomic mass is 14.8. The largest absolute Gasteiger partial charge is 0.316 e. The molecular formula is C16H27N. The van der Waals surface area contributed by atoms with Crippen LogP contribution < -0.4 is 5.32 Å². The van der Waals surface area contributed by atoms with Crippen molar-refractivity contribution in [2.24, 2.45) is 5.92 Å². The van der Waals surface area contributed by atoms with Crippen molar-refractivity contribution in [3.63, 3.8) is 0 Å². The lowest BCUT2D eigenvalue weighted by atomic mass is 9.92. The SMILES string of the molecule is CCNCC(CCCC(C)C)c1ccccc1. The molecule has 0 bridgehead atoms. The molecule has 96 valence electrons. The van der Waals surface area contributed by atoms with Crippen molar-refractivity contribution < 1.29 is 0 Å². The highest BCUT2D eigenvalue weighted by Gasteiger charge is 2.10. The van der Waals surface area contributed by atoms with E-state index in [0.717, 1.165) is 19.0 Å². The number of hydrogen-bond acceptors (Lipinski definition) is 1. The molecule has 0 amide bonds. The zero-order chi connectivity index (χ0) is 12.5. The molecule has 1 atom stereocenters. The molecule has 1 heteroatoms. The fourth-order valence-electron chi connectivity index (χ4n) is 2.20. The molecule has 0 aromatic heterocycles. The van der Waals surface area contributed by atoms with E-state index in [9.17, 15) is 0 Å². The van der Waals surface area contributed by atoms with Gasteiger partial charge in [-0.05, 0) is 30.4 Å². The Morgan fingerprint density at radius 1 is 1.06 bits per heavy atom. The smallest absolute Gasteiger partial charge is 0.00200 e. The molecule has 0 aliphatic heterocycles. The molecule has 0 spiro atoms. The Bertz CT molecular complexity index is 279. The van der Waals surface area contributed by atoms with Gasteiger partial charge in [0.2, 0.25) is 0 Å². The predicted molar refractivity (Wildman–Crippen MR) is 76.4 cm³/mol. The standard InChI is InChI=1S/C16H27N/c1-4-17-13-16(12-8-9-14(2)3)15-10-6-5-7-11-15/h5-7,10-11,14,16-17H,4,8-9,12-13H2,1-3H3. The van der Waals surface area contributed by atoms with Crippen LogP contribution in [0, 0.1) is 5.92 Å². The summed E-state index contributed by atoms with van der Waals surface area (Å²) in [5.41, 5.74) is 1.48. The maximum Gasteiger partial charge on any atom is 0.00200 e. The Kier molecular flexibility index (Phi) is 6.95. The van der Waals surface area contributed by atoms with Gasteiger partial charge in [0.15, 0.2) is 0 Å². The molecule has 1 rings (SSSR count). The fourth-order valence-corrected chi connectivity index (χ4v) is 2.20. The van der Waals surface area contributed by atoms with Crippen LogP contribution in [-0.4, -0.2) is 13.1 Å². The fraction of sp³-hybridized carbons (Fsp3) is 0.625. The summed E-state index contributed by atoms with van der Waals surface area (Å²) in [5.74, 6) is 1.50. The monoisotopic (exact) mass is 233 g/mol. The van der Waals surface area contributed by atoms with Gasteiger partial charge in [-0.2, -0.15) is 0 Å². The Balaban J connectivity index is 2.48. The van der Waals surface area contributed by atoms with Crippen LogP contribution in [0.3, 0.4) is 0 Å². The van der Waals surface area contributed by atoms with E-state index in [4.69, 9.17) is 0 Å². The van der Waals surface area contributed by atoms with Crippen LogP contribution in [0.5, 0.6) is 0 Å². The predicted octanol–water partition coefficient (Wildman–Crippen LogP) is 4.21. The first-order valence-corrected chi connectivity index (χ1v) is 6.99. The second kappa shape index (κ2) is 8.30. The molecule has 0 heterocycles. The van der Waals surface area contributed by atoms with Crippen molar-refractivity contribution in [3.8, 4) is 0 Å². The van der Waals surface area contributed by atoms with Gasteiger partial charge in [0.1, 0.15) is 0 Å². The summed E-state index contributed by atoms with van der Waals surface area (Å²) in [6, 6.07) is 10.9. The van der Waals surface area contributed by atoms with Crippen LogP contribution in [0.2, 0.25) is 0 Å². The summed E-state index contributed by atoms with van der Waals surface area (Å²) in [4.78, 5) is 0. The number of benzene rings is 1. The summed E-state index contributed by atoms with van der Waals surface area (Å²) in [7, 11) is 0. The minimum Gasteiger partial charge on any atom is -0.316 e. The highest BCUT2D eigenvalue weighted by Crippen LogP contribution is 2.22. The summed E-state index contributed by atoms with van der Waals surface area (Å²) in [6.45, 7) is 8.96. The Morgan fingerprint density at radius 2 is 1.76 bits per heavy atom. The van der Waals surface area contributed by atoms with E-state index in [1.54, 1.807) is 0 Å². The normalized spacial score (nSPS) is 12.9. The summed E-state index contributed by atoms with van der Waals surface area (Å²) < 4.78 is 0. The molecule has 1 nitrogen and oxygen atoms in total.